The summed E-state index contributed by atoms with van der Waals surface area (Å²) in [6.45, 7) is 0. The van der Waals surface area contributed by atoms with Gasteiger partial charge in [-0.15, -0.1) is 0 Å². The van der Waals surface area contributed by atoms with Crippen LogP contribution in [0, 0.1) is 0 Å². The van der Waals surface area contributed by atoms with E-state index in [4.69, 9.17) is 29.9 Å². The fraction of sp³-hybridized carbons (Fsp3) is 0.0169. The smallest absolute Gasteiger partial charge is 0.140 e. The Morgan fingerprint density at radius 3 is 1.07 bits per heavy atom. The molecule has 0 bridgehead atoms. The average Bonchev–Trinajstić information content (AvgIpc) is 1.58. The molecule has 1 N–H and O–H groups in total. The molecule has 0 fully saturated rings. The van der Waals surface area contributed by atoms with Gasteiger partial charge in [0.05, 0.1) is 10.8 Å². The molecule has 125 heavy (non-hydrogen) atoms. The van der Waals surface area contributed by atoms with Crippen molar-refractivity contribution < 1.29 is 18.3 Å². The highest BCUT2D eigenvalue weighted by atomic mass is 35.5. The van der Waals surface area contributed by atoms with E-state index in [1.165, 1.54) is 99.8 Å². The first kappa shape index (κ1) is 73.0. The Labute approximate surface area is 728 Å². The van der Waals surface area contributed by atoms with Crippen molar-refractivity contribution in [1.29, 1.82) is 0 Å². The van der Waals surface area contributed by atoms with E-state index in [0.29, 0.717) is 0 Å². The van der Waals surface area contributed by atoms with E-state index < -0.39 is 10.8 Å². The number of nitrogens with one attached hydrogen (secondary N) is 1. The monoisotopic (exact) mass is 1620 g/mol. The number of hydrogen-bond donors (Lipinski definition) is 1. The molecule has 0 radical (unpaired) electrons. The van der Waals surface area contributed by atoms with E-state index in [0.717, 1.165) is 133 Å². The lowest BCUT2D eigenvalue weighted by Gasteiger charge is -2.40. The average molecular weight is 1620 g/mol. The van der Waals surface area contributed by atoms with Crippen molar-refractivity contribution in [2.45, 2.75) is 10.8 Å². The van der Waals surface area contributed by atoms with E-state index in [-0.39, 0.29) is 0 Å². The molecule has 22 aromatic rings. The van der Waals surface area contributed by atoms with Gasteiger partial charge in [0.15, 0.2) is 0 Å². The van der Waals surface area contributed by atoms with Gasteiger partial charge in [-0.1, -0.05) is 339 Å². The van der Waals surface area contributed by atoms with Gasteiger partial charge < -0.3 is 28.5 Å². The molecule has 0 saturated heterocycles. The van der Waals surface area contributed by atoms with Crippen LogP contribution in [0.3, 0.4) is 0 Å². The number of ether oxygens (including phenoxy) is 2. The fourth-order valence-electron chi connectivity index (χ4n) is 20.1. The Morgan fingerprint density at radius 1 is 0.216 bits per heavy atom. The SMILES string of the molecule is Clc1ccc(-c2ccc3c(c2)C2(c4ccccc4Oc4c2ccc2ccccc42)c2ccccc2-3)cc1.c1ccc(-c2ccc(N(c3ccc(-c4ccc5c(c4)C4(c6ccccc6Oc6c4ccc4ccccc64)c4ccccc4-5)cc3)c3ccc4c(c3)oc3ccccc34)cc2)cc1.c1ccc(-c2ccc(Nc3ccc4c(c3)oc3ccccc34)cc2)cc1. The Balaban J connectivity index is 0.000000117. The van der Waals surface area contributed by atoms with Crippen LogP contribution in [0.5, 0.6) is 23.0 Å². The summed E-state index contributed by atoms with van der Waals surface area (Å²) >= 11 is 6.22. The van der Waals surface area contributed by atoms with E-state index in [2.05, 4.69) is 411 Å². The first-order valence-corrected chi connectivity index (χ1v) is 42.9. The summed E-state index contributed by atoms with van der Waals surface area (Å²) in [5, 5.41) is 13.3. The summed E-state index contributed by atoms with van der Waals surface area (Å²) in [5.41, 5.74) is 32.1. The molecule has 0 amide bonds. The lowest BCUT2D eigenvalue weighted by molar-refractivity contribution is 0.441. The molecule has 4 heterocycles. The molecular weight excluding hydrogens is 1540 g/mol. The summed E-state index contributed by atoms with van der Waals surface area (Å²) in [5.74, 6) is 3.67. The molecular formula is C118H75ClN2O4. The van der Waals surface area contributed by atoms with Crippen LogP contribution in [0.2, 0.25) is 5.02 Å². The van der Waals surface area contributed by atoms with Crippen LogP contribution >= 0.6 is 11.6 Å². The van der Waals surface area contributed by atoms with Crippen LogP contribution < -0.4 is 19.7 Å². The molecule has 7 heteroatoms. The van der Waals surface area contributed by atoms with E-state index in [9.17, 15) is 0 Å². The number of rotatable bonds is 9. The van der Waals surface area contributed by atoms with E-state index in [1.807, 2.05) is 48.5 Å². The van der Waals surface area contributed by atoms with Crippen LogP contribution in [0.1, 0.15) is 44.5 Å². The fourth-order valence-corrected chi connectivity index (χ4v) is 20.3. The molecule has 2 atom stereocenters. The predicted molar refractivity (Wildman–Crippen MR) is 515 cm³/mol. The van der Waals surface area contributed by atoms with Gasteiger partial charge in [0.1, 0.15) is 45.3 Å². The standard InChI is InChI=1S/C59H37NO2.C35H21ClO.C24H17NO/c1-2-12-38(13-3-1)39-22-28-43(29-23-39)60(45-32-34-50-49-17-7-10-20-55(49)61-57(50)37-45)44-30-24-40(25-31-44)42-26-33-48-47-16-6-8-18-51(47)59(54(48)36-42)52-19-9-11-21-56(52)62-58-46-15-5-4-14-41(46)27-35-53(58)59;36-25-17-13-22(14-18-25)24-15-19-28-27-9-3-4-10-29(27)35(32(28)21-24)30-11-5-6-12-33(30)37-34-26-8-2-1-7-23(26)16-20-31(34)35;1-2-6-17(7-3-1)18-10-12-19(13-11-18)25-20-14-15-22-21-8-4-5-9-23(21)26-24(22)16-20/h1-37H;1-21H;1-16,25H. The number of nitrogens with zero attached hydrogens (tertiary/aromatic N) is 1. The molecule has 2 aliphatic carbocycles. The summed E-state index contributed by atoms with van der Waals surface area (Å²) in [4.78, 5) is 2.32. The minimum absolute atomic E-state index is 0.484. The highest BCUT2D eigenvalue weighted by molar-refractivity contribution is 6.30. The molecule has 588 valence electrons. The minimum Gasteiger partial charge on any atom is -0.456 e. The van der Waals surface area contributed by atoms with Gasteiger partial charge in [-0.25, -0.2) is 0 Å². The lowest BCUT2D eigenvalue weighted by Crippen LogP contribution is -2.32. The quantitative estimate of drug-likeness (QED) is 0.155. The van der Waals surface area contributed by atoms with Crippen LogP contribution in [0.25, 0.3) is 132 Å². The number of fused-ring (bicyclic) bond motifs is 28. The number of halogens is 1. The highest BCUT2D eigenvalue weighted by Gasteiger charge is 2.53. The third kappa shape index (κ3) is 12.0. The van der Waals surface area contributed by atoms with E-state index >= 15 is 0 Å². The van der Waals surface area contributed by atoms with Crippen LogP contribution in [0.15, 0.2) is 458 Å². The summed E-state index contributed by atoms with van der Waals surface area (Å²) in [6.07, 6.45) is 0. The second-order valence-corrected chi connectivity index (χ2v) is 33.0. The van der Waals surface area contributed by atoms with Crippen molar-refractivity contribution >= 4 is 105 Å². The first-order valence-electron chi connectivity index (χ1n) is 42.5. The minimum atomic E-state index is -0.561. The molecule has 0 saturated carbocycles. The van der Waals surface area contributed by atoms with Gasteiger partial charge in [0.2, 0.25) is 0 Å². The normalized spacial score (nSPS) is 14.5. The van der Waals surface area contributed by atoms with Crippen molar-refractivity contribution in [1.82, 2.24) is 0 Å². The zero-order chi connectivity index (χ0) is 82.7. The number of benzene rings is 20. The number of anilines is 5. The van der Waals surface area contributed by atoms with E-state index in [1.54, 1.807) is 0 Å². The first-order chi connectivity index (χ1) is 61.8. The molecule has 2 aromatic heterocycles. The maximum atomic E-state index is 6.89. The van der Waals surface area contributed by atoms with Crippen molar-refractivity contribution in [2.75, 3.05) is 10.2 Å². The summed E-state index contributed by atoms with van der Waals surface area (Å²) in [6, 6.07) is 160. The van der Waals surface area contributed by atoms with Gasteiger partial charge in [0.25, 0.3) is 0 Å². The number of para-hydroxylation sites is 4. The van der Waals surface area contributed by atoms with Crippen LogP contribution in [-0.2, 0) is 10.8 Å². The molecule has 20 aromatic carbocycles. The molecule has 26 rings (SSSR count). The second-order valence-electron chi connectivity index (χ2n) is 32.6. The Hall–Kier alpha value is -16.0. The van der Waals surface area contributed by atoms with Crippen molar-refractivity contribution in [2.24, 2.45) is 0 Å². The zero-order valence-electron chi connectivity index (χ0n) is 67.7. The third-order valence-electron chi connectivity index (χ3n) is 25.8. The molecule has 2 spiro atoms. The largest absolute Gasteiger partial charge is 0.456 e. The maximum absolute atomic E-state index is 6.89. The number of furan rings is 2. The molecule has 6 nitrogen and oxygen atoms in total. The Morgan fingerprint density at radius 2 is 0.568 bits per heavy atom. The van der Waals surface area contributed by atoms with Crippen molar-refractivity contribution in [3.05, 3.63) is 498 Å². The number of hydrogen-bond acceptors (Lipinski definition) is 6. The van der Waals surface area contributed by atoms with Crippen LogP contribution in [-0.4, -0.2) is 0 Å². The lowest BCUT2D eigenvalue weighted by atomic mass is 9.65. The molecule has 2 aliphatic heterocycles. The predicted octanol–water partition coefficient (Wildman–Crippen LogP) is 32.6. The molecule has 4 aliphatic rings. The summed E-state index contributed by atoms with van der Waals surface area (Å²) < 4.78 is 26.0. The van der Waals surface area contributed by atoms with Gasteiger partial charge in [-0.2, -0.15) is 0 Å². The van der Waals surface area contributed by atoms with Crippen molar-refractivity contribution in [3.63, 3.8) is 0 Å². The van der Waals surface area contributed by atoms with Gasteiger partial charge in [-0.3, -0.25) is 0 Å². The highest BCUT2D eigenvalue weighted by Crippen LogP contribution is 2.66. The topological polar surface area (TPSA) is 60.0 Å². The zero-order valence-corrected chi connectivity index (χ0v) is 68.4. The third-order valence-corrected chi connectivity index (χ3v) is 26.1. The Bertz CT molecular complexity index is 8020. The molecule has 2 unspecified atom stereocenters. The Kier molecular flexibility index (Phi) is 17.3. The van der Waals surface area contributed by atoms with Crippen molar-refractivity contribution in [3.8, 4) is 89.8 Å². The van der Waals surface area contributed by atoms with Gasteiger partial charge in [0, 0.05) is 100 Å². The van der Waals surface area contributed by atoms with Gasteiger partial charge >= 0.3 is 0 Å². The maximum Gasteiger partial charge on any atom is 0.140 e. The van der Waals surface area contributed by atoms with Crippen LogP contribution in [0.4, 0.5) is 28.4 Å². The summed E-state index contributed by atoms with van der Waals surface area (Å²) in [7, 11) is 0. The van der Waals surface area contributed by atoms with Gasteiger partial charge in [-0.05, 0) is 209 Å². The second kappa shape index (κ2) is 29.7.